The zero-order valence-corrected chi connectivity index (χ0v) is 10.9. The highest BCUT2D eigenvalue weighted by atomic mass is 15.4. The Morgan fingerprint density at radius 1 is 1.41 bits per heavy atom. The molecule has 1 heterocycles. The third-order valence-electron chi connectivity index (χ3n) is 2.65. The van der Waals surface area contributed by atoms with Gasteiger partial charge in [-0.3, -0.25) is 0 Å². The lowest BCUT2D eigenvalue weighted by atomic mass is 10.1. The van der Waals surface area contributed by atoms with Crippen LogP contribution in [0.5, 0.6) is 0 Å². The number of hydrogen-bond donors (Lipinski definition) is 1. The molecule has 1 aromatic heterocycles. The van der Waals surface area contributed by atoms with Crippen molar-refractivity contribution in [2.75, 3.05) is 7.05 Å². The maximum atomic E-state index is 8.49. The van der Waals surface area contributed by atoms with E-state index in [1.165, 1.54) is 5.69 Å². The van der Waals surface area contributed by atoms with Crippen LogP contribution >= 0.6 is 0 Å². The molecule has 0 amide bonds. The van der Waals surface area contributed by atoms with Crippen LogP contribution in [0.15, 0.2) is 0 Å². The first-order chi connectivity index (χ1) is 8.20. The molecule has 5 heteroatoms. The molecule has 0 spiro atoms. The van der Waals surface area contributed by atoms with E-state index in [0.717, 1.165) is 31.6 Å². The fourth-order valence-corrected chi connectivity index (χ4v) is 1.91. The minimum absolute atomic E-state index is 0.421. The number of nitriles is 1. The molecule has 0 aliphatic rings. The van der Waals surface area contributed by atoms with E-state index < -0.39 is 0 Å². The molecule has 0 atom stereocenters. The second kappa shape index (κ2) is 7.02. The van der Waals surface area contributed by atoms with Crippen molar-refractivity contribution < 1.29 is 0 Å². The average molecular weight is 235 g/mol. The number of aromatic nitrogens is 3. The van der Waals surface area contributed by atoms with E-state index in [9.17, 15) is 0 Å². The second-order valence-electron chi connectivity index (χ2n) is 4.44. The molecule has 0 bridgehead atoms. The molecule has 17 heavy (non-hydrogen) atoms. The van der Waals surface area contributed by atoms with Gasteiger partial charge in [-0.05, 0) is 25.8 Å². The van der Waals surface area contributed by atoms with Crippen molar-refractivity contribution in [3.8, 4) is 6.07 Å². The van der Waals surface area contributed by atoms with Crippen LogP contribution in [0.1, 0.15) is 50.4 Å². The lowest BCUT2D eigenvalue weighted by molar-refractivity contribution is 0.515. The van der Waals surface area contributed by atoms with Gasteiger partial charge in [0, 0.05) is 19.5 Å². The van der Waals surface area contributed by atoms with Gasteiger partial charge in [0.05, 0.1) is 17.5 Å². The van der Waals surface area contributed by atoms with Crippen molar-refractivity contribution in [3.63, 3.8) is 0 Å². The normalized spacial score (nSPS) is 10.8. The topological polar surface area (TPSA) is 66.5 Å². The van der Waals surface area contributed by atoms with Crippen LogP contribution in [-0.2, 0) is 13.1 Å². The zero-order valence-electron chi connectivity index (χ0n) is 10.9. The summed E-state index contributed by atoms with van der Waals surface area (Å²) < 4.78 is 1.98. The van der Waals surface area contributed by atoms with Gasteiger partial charge in [0.15, 0.2) is 0 Å². The number of nitrogens with one attached hydrogen (secondary N) is 1. The Bertz CT molecular complexity index is 375. The Morgan fingerprint density at radius 3 is 2.76 bits per heavy atom. The van der Waals surface area contributed by atoms with Crippen LogP contribution in [0, 0.1) is 11.3 Å². The van der Waals surface area contributed by atoms with Gasteiger partial charge in [-0.15, -0.1) is 5.10 Å². The first kappa shape index (κ1) is 13.7. The van der Waals surface area contributed by atoms with Gasteiger partial charge in [0.1, 0.15) is 0 Å². The van der Waals surface area contributed by atoms with E-state index in [-0.39, 0.29) is 0 Å². The molecule has 0 aliphatic heterocycles. The van der Waals surface area contributed by atoms with Gasteiger partial charge in [-0.1, -0.05) is 19.1 Å². The maximum Gasteiger partial charge on any atom is 0.0999 e. The largest absolute Gasteiger partial charge is 0.314 e. The van der Waals surface area contributed by atoms with Gasteiger partial charge in [0.25, 0.3) is 0 Å². The third-order valence-corrected chi connectivity index (χ3v) is 2.65. The zero-order chi connectivity index (χ0) is 12.7. The van der Waals surface area contributed by atoms with Crippen molar-refractivity contribution in [1.82, 2.24) is 20.3 Å². The molecular weight excluding hydrogens is 214 g/mol. The molecule has 0 saturated heterocycles. The van der Waals surface area contributed by atoms with Crippen LogP contribution in [-0.4, -0.2) is 22.0 Å². The third kappa shape index (κ3) is 3.82. The number of unbranched alkanes of at least 4 members (excludes halogenated alkanes) is 2. The molecule has 94 valence electrons. The van der Waals surface area contributed by atoms with E-state index in [2.05, 4.69) is 35.5 Å². The molecule has 0 saturated carbocycles. The summed E-state index contributed by atoms with van der Waals surface area (Å²) in [6.45, 7) is 5.92. The molecule has 1 N–H and O–H groups in total. The standard InChI is InChI=1S/C12H21N5/c1-10(2)12-11(9-14-3)15-16-17(12)8-6-4-5-7-13/h10,14H,4-6,8-9H2,1-3H3. The highest BCUT2D eigenvalue weighted by Crippen LogP contribution is 2.18. The van der Waals surface area contributed by atoms with Gasteiger partial charge in [0.2, 0.25) is 0 Å². The molecule has 0 aromatic carbocycles. The first-order valence-electron chi connectivity index (χ1n) is 6.14. The summed E-state index contributed by atoms with van der Waals surface area (Å²) in [4.78, 5) is 0. The summed E-state index contributed by atoms with van der Waals surface area (Å²) in [5, 5.41) is 20.0. The highest BCUT2D eigenvalue weighted by molar-refractivity contribution is 5.14. The summed E-state index contributed by atoms with van der Waals surface area (Å²) in [6, 6.07) is 2.16. The minimum Gasteiger partial charge on any atom is -0.314 e. The lowest BCUT2D eigenvalue weighted by Crippen LogP contribution is -2.11. The molecule has 1 rings (SSSR count). The summed E-state index contributed by atoms with van der Waals surface area (Å²) in [5.74, 6) is 0.421. The monoisotopic (exact) mass is 235 g/mol. The minimum atomic E-state index is 0.421. The van der Waals surface area contributed by atoms with Crippen LogP contribution in [0.4, 0.5) is 0 Å². The second-order valence-corrected chi connectivity index (χ2v) is 4.44. The summed E-state index contributed by atoms with van der Waals surface area (Å²) >= 11 is 0. The van der Waals surface area contributed by atoms with E-state index in [1.54, 1.807) is 0 Å². The Morgan fingerprint density at radius 2 is 2.18 bits per heavy atom. The van der Waals surface area contributed by atoms with Crippen molar-refractivity contribution >= 4 is 0 Å². The summed E-state index contributed by atoms with van der Waals surface area (Å²) in [6.07, 6.45) is 2.53. The SMILES string of the molecule is CNCc1nnn(CCCCC#N)c1C(C)C. The average Bonchev–Trinajstić information content (AvgIpc) is 2.68. The van der Waals surface area contributed by atoms with Gasteiger partial charge >= 0.3 is 0 Å². The predicted molar refractivity (Wildman–Crippen MR) is 66.3 cm³/mol. The highest BCUT2D eigenvalue weighted by Gasteiger charge is 2.14. The molecule has 5 nitrogen and oxygen atoms in total. The Kier molecular flexibility index (Phi) is 5.64. The van der Waals surface area contributed by atoms with E-state index in [4.69, 9.17) is 5.26 Å². The fourth-order valence-electron chi connectivity index (χ4n) is 1.91. The van der Waals surface area contributed by atoms with E-state index in [0.29, 0.717) is 12.3 Å². The van der Waals surface area contributed by atoms with Crippen LogP contribution in [0.2, 0.25) is 0 Å². The van der Waals surface area contributed by atoms with E-state index >= 15 is 0 Å². The van der Waals surface area contributed by atoms with Crippen LogP contribution < -0.4 is 5.32 Å². The molecule has 0 radical (unpaired) electrons. The van der Waals surface area contributed by atoms with Crippen molar-refractivity contribution in [3.05, 3.63) is 11.4 Å². The molecule has 1 aromatic rings. The molecule has 0 fully saturated rings. The Labute approximate surface area is 103 Å². The maximum absolute atomic E-state index is 8.49. The summed E-state index contributed by atoms with van der Waals surface area (Å²) in [7, 11) is 1.91. The van der Waals surface area contributed by atoms with Crippen molar-refractivity contribution in [1.29, 1.82) is 5.26 Å². The fraction of sp³-hybridized carbons (Fsp3) is 0.750. The van der Waals surface area contributed by atoms with Gasteiger partial charge in [-0.25, -0.2) is 4.68 Å². The van der Waals surface area contributed by atoms with Crippen LogP contribution in [0.25, 0.3) is 0 Å². The number of aryl methyl sites for hydroxylation is 1. The Balaban J connectivity index is 2.68. The number of hydrogen-bond acceptors (Lipinski definition) is 4. The number of rotatable bonds is 7. The molecular formula is C12H21N5. The first-order valence-corrected chi connectivity index (χ1v) is 6.14. The number of nitrogens with zero attached hydrogens (tertiary/aromatic N) is 4. The summed E-state index contributed by atoms with van der Waals surface area (Å²) in [5.41, 5.74) is 2.24. The predicted octanol–water partition coefficient (Wildman–Crippen LogP) is 1.81. The smallest absolute Gasteiger partial charge is 0.0999 e. The van der Waals surface area contributed by atoms with Crippen molar-refractivity contribution in [2.45, 2.75) is 52.1 Å². The van der Waals surface area contributed by atoms with Crippen LogP contribution in [0.3, 0.4) is 0 Å². The molecule has 0 unspecified atom stereocenters. The van der Waals surface area contributed by atoms with Crippen molar-refractivity contribution in [2.24, 2.45) is 0 Å². The van der Waals surface area contributed by atoms with Gasteiger partial charge in [-0.2, -0.15) is 5.26 Å². The van der Waals surface area contributed by atoms with Gasteiger partial charge < -0.3 is 5.32 Å². The quantitative estimate of drug-likeness (QED) is 0.732. The van der Waals surface area contributed by atoms with E-state index in [1.807, 2.05) is 11.7 Å². The lowest BCUT2D eigenvalue weighted by Gasteiger charge is -2.10. The molecule has 0 aliphatic carbocycles. The Hall–Kier alpha value is -1.41.